The Kier molecular flexibility index (Phi) is 5.33. The van der Waals surface area contributed by atoms with E-state index in [9.17, 15) is 4.79 Å². The van der Waals surface area contributed by atoms with E-state index < -0.39 is 0 Å². The lowest BCUT2D eigenvalue weighted by atomic mass is 10.00. The van der Waals surface area contributed by atoms with Gasteiger partial charge in [-0.25, -0.2) is 4.98 Å². The molecule has 0 radical (unpaired) electrons. The Balaban J connectivity index is 1.45. The molecule has 0 unspecified atom stereocenters. The zero-order valence-corrected chi connectivity index (χ0v) is 16.5. The van der Waals surface area contributed by atoms with Gasteiger partial charge in [0, 0.05) is 24.8 Å². The van der Waals surface area contributed by atoms with E-state index in [4.69, 9.17) is 9.47 Å². The molecule has 0 atom stereocenters. The number of anilines is 2. The predicted molar refractivity (Wildman–Crippen MR) is 113 cm³/mol. The highest BCUT2D eigenvalue weighted by Crippen LogP contribution is 2.30. The minimum Gasteiger partial charge on any atom is -0.493 e. The third-order valence-corrected chi connectivity index (χ3v) is 5.12. The number of fused-ring (bicyclic) bond motifs is 1. The lowest BCUT2D eigenvalue weighted by molar-refractivity contribution is 0.102. The van der Waals surface area contributed by atoms with Crippen LogP contribution in [0.25, 0.3) is 0 Å². The summed E-state index contributed by atoms with van der Waals surface area (Å²) in [6.07, 6.45) is 2.77. The maximum Gasteiger partial charge on any atom is 0.274 e. The van der Waals surface area contributed by atoms with Gasteiger partial charge in [-0.15, -0.1) is 0 Å². The number of ether oxygens (including phenoxy) is 2. The number of aromatic nitrogens is 1. The van der Waals surface area contributed by atoms with Gasteiger partial charge in [0.25, 0.3) is 5.91 Å². The number of hydrogen-bond donors (Lipinski definition) is 1. The summed E-state index contributed by atoms with van der Waals surface area (Å²) in [5.41, 5.74) is 4.74. The smallest absolute Gasteiger partial charge is 0.274 e. The highest BCUT2D eigenvalue weighted by atomic mass is 16.5. The monoisotopic (exact) mass is 389 g/mol. The first-order valence-corrected chi connectivity index (χ1v) is 9.49. The van der Waals surface area contributed by atoms with Gasteiger partial charge >= 0.3 is 0 Å². The number of carbonyl (C=O) groups excluding carboxylic acids is 1. The molecule has 2 aromatic carbocycles. The molecule has 1 aliphatic heterocycles. The molecule has 148 valence electrons. The fourth-order valence-electron chi connectivity index (χ4n) is 3.53. The van der Waals surface area contributed by atoms with E-state index in [0.717, 1.165) is 25.2 Å². The zero-order valence-electron chi connectivity index (χ0n) is 16.5. The number of carbonyl (C=O) groups is 1. The zero-order chi connectivity index (χ0) is 20.2. The van der Waals surface area contributed by atoms with Gasteiger partial charge in [0.15, 0.2) is 11.5 Å². The molecule has 1 N–H and O–H groups in total. The topological polar surface area (TPSA) is 63.7 Å². The van der Waals surface area contributed by atoms with Gasteiger partial charge in [0.2, 0.25) is 0 Å². The average molecular weight is 389 g/mol. The van der Waals surface area contributed by atoms with Crippen molar-refractivity contribution in [3.63, 3.8) is 0 Å². The van der Waals surface area contributed by atoms with E-state index >= 15 is 0 Å². The molecular formula is C23H23N3O3. The molecule has 0 bridgehead atoms. The van der Waals surface area contributed by atoms with E-state index in [-0.39, 0.29) is 5.91 Å². The van der Waals surface area contributed by atoms with Crippen molar-refractivity contribution < 1.29 is 14.3 Å². The number of pyridine rings is 1. The number of nitrogens with one attached hydrogen (secondary N) is 1. The molecule has 3 aromatic rings. The van der Waals surface area contributed by atoms with E-state index in [0.29, 0.717) is 22.9 Å². The molecule has 0 saturated carbocycles. The Labute approximate surface area is 170 Å². The Morgan fingerprint density at radius 1 is 1.00 bits per heavy atom. The van der Waals surface area contributed by atoms with Crippen molar-refractivity contribution in [2.45, 2.75) is 13.0 Å². The second-order valence-corrected chi connectivity index (χ2v) is 6.87. The van der Waals surface area contributed by atoms with Crippen LogP contribution in [0.4, 0.5) is 11.4 Å². The Morgan fingerprint density at radius 3 is 2.52 bits per heavy atom. The summed E-state index contributed by atoms with van der Waals surface area (Å²) in [4.78, 5) is 19.2. The second kappa shape index (κ2) is 8.22. The lowest BCUT2D eigenvalue weighted by Crippen LogP contribution is -2.30. The maximum atomic E-state index is 12.6. The maximum absolute atomic E-state index is 12.6. The van der Waals surface area contributed by atoms with Crippen LogP contribution in [0.15, 0.2) is 60.8 Å². The number of amides is 1. The Bertz CT molecular complexity index is 1020. The van der Waals surface area contributed by atoms with Crippen LogP contribution in [0.2, 0.25) is 0 Å². The molecule has 6 heteroatoms. The largest absolute Gasteiger partial charge is 0.493 e. The van der Waals surface area contributed by atoms with Crippen LogP contribution in [0.3, 0.4) is 0 Å². The molecule has 29 heavy (non-hydrogen) atoms. The van der Waals surface area contributed by atoms with Crippen molar-refractivity contribution in [3.05, 3.63) is 77.6 Å². The van der Waals surface area contributed by atoms with Crippen LogP contribution in [0.1, 0.15) is 21.6 Å². The standard InChI is InChI=1S/C23H23N3O3/c1-28-21-10-7-18(13-22(21)29-2)25-23(27)20-9-8-19(14-24-20)26-12-11-16-5-3-4-6-17(16)15-26/h3-10,13-14H,11-12,15H2,1-2H3,(H,25,27). The highest BCUT2D eigenvalue weighted by molar-refractivity contribution is 6.03. The van der Waals surface area contributed by atoms with E-state index in [1.165, 1.54) is 11.1 Å². The number of hydrogen-bond acceptors (Lipinski definition) is 5. The third-order valence-electron chi connectivity index (χ3n) is 5.12. The SMILES string of the molecule is COc1ccc(NC(=O)c2ccc(N3CCc4ccccc4C3)cn2)cc1OC. The molecule has 0 spiro atoms. The first kappa shape index (κ1) is 18.8. The van der Waals surface area contributed by atoms with Crippen LogP contribution in [0, 0.1) is 0 Å². The molecule has 1 amide bonds. The van der Waals surface area contributed by atoms with Gasteiger partial charge in [-0.3, -0.25) is 4.79 Å². The highest BCUT2D eigenvalue weighted by Gasteiger charge is 2.17. The number of benzene rings is 2. The summed E-state index contributed by atoms with van der Waals surface area (Å²) in [7, 11) is 3.13. The number of rotatable bonds is 5. The Morgan fingerprint density at radius 2 is 1.79 bits per heavy atom. The van der Waals surface area contributed by atoms with Gasteiger partial charge in [0.1, 0.15) is 5.69 Å². The molecule has 1 aromatic heterocycles. The van der Waals surface area contributed by atoms with Gasteiger partial charge in [-0.1, -0.05) is 24.3 Å². The first-order chi connectivity index (χ1) is 14.2. The predicted octanol–water partition coefficient (Wildman–Crippen LogP) is 3.91. The fourth-order valence-corrected chi connectivity index (χ4v) is 3.53. The van der Waals surface area contributed by atoms with Gasteiger partial charge in [-0.05, 0) is 41.8 Å². The van der Waals surface area contributed by atoms with Crippen LogP contribution in [-0.4, -0.2) is 31.7 Å². The Hall–Kier alpha value is -3.54. The van der Waals surface area contributed by atoms with Gasteiger partial charge < -0.3 is 19.7 Å². The minimum absolute atomic E-state index is 0.271. The van der Waals surface area contributed by atoms with Crippen molar-refractivity contribution in [1.29, 1.82) is 0 Å². The van der Waals surface area contributed by atoms with E-state index in [2.05, 4.69) is 39.5 Å². The number of nitrogens with zero attached hydrogens (tertiary/aromatic N) is 2. The third kappa shape index (κ3) is 4.01. The normalized spacial score (nSPS) is 12.8. The van der Waals surface area contributed by atoms with Crippen molar-refractivity contribution >= 4 is 17.3 Å². The minimum atomic E-state index is -0.271. The van der Waals surface area contributed by atoms with Crippen molar-refractivity contribution in [2.75, 3.05) is 31.0 Å². The molecule has 0 aliphatic carbocycles. The lowest BCUT2D eigenvalue weighted by Gasteiger charge is -2.30. The molecule has 1 aliphatic rings. The van der Waals surface area contributed by atoms with Crippen LogP contribution < -0.4 is 19.7 Å². The summed E-state index contributed by atoms with van der Waals surface area (Å²) < 4.78 is 10.5. The summed E-state index contributed by atoms with van der Waals surface area (Å²) in [6.45, 7) is 1.80. The second-order valence-electron chi connectivity index (χ2n) is 6.87. The van der Waals surface area contributed by atoms with Crippen molar-refractivity contribution in [2.24, 2.45) is 0 Å². The van der Waals surface area contributed by atoms with E-state index in [1.807, 2.05) is 6.07 Å². The van der Waals surface area contributed by atoms with Crippen LogP contribution in [-0.2, 0) is 13.0 Å². The van der Waals surface area contributed by atoms with Crippen LogP contribution >= 0.6 is 0 Å². The number of methoxy groups -OCH3 is 2. The molecule has 0 saturated heterocycles. The van der Waals surface area contributed by atoms with E-state index in [1.54, 1.807) is 44.7 Å². The van der Waals surface area contributed by atoms with Crippen molar-refractivity contribution in [3.8, 4) is 11.5 Å². The van der Waals surface area contributed by atoms with Crippen LogP contribution in [0.5, 0.6) is 11.5 Å². The molecule has 6 nitrogen and oxygen atoms in total. The summed E-state index contributed by atoms with van der Waals surface area (Å²) >= 11 is 0. The summed E-state index contributed by atoms with van der Waals surface area (Å²) in [6, 6.07) is 17.4. The van der Waals surface area contributed by atoms with Crippen molar-refractivity contribution in [1.82, 2.24) is 4.98 Å². The molecular weight excluding hydrogens is 366 g/mol. The first-order valence-electron chi connectivity index (χ1n) is 9.49. The average Bonchev–Trinajstić information content (AvgIpc) is 2.78. The summed E-state index contributed by atoms with van der Waals surface area (Å²) in [5.74, 6) is 0.892. The quantitative estimate of drug-likeness (QED) is 0.717. The molecule has 0 fully saturated rings. The van der Waals surface area contributed by atoms with Gasteiger partial charge in [0.05, 0.1) is 26.1 Å². The summed E-state index contributed by atoms with van der Waals surface area (Å²) in [5, 5.41) is 2.85. The molecule has 4 rings (SSSR count). The molecule has 2 heterocycles. The fraction of sp³-hybridized carbons (Fsp3) is 0.217. The van der Waals surface area contributed by atoms with Gasteiger partial charge in [-0.2, -0.15) is 0 Å².